The highest BCUT2D eigenvalue weighted by molar-refractivity contribution is 7.13. The second kappa shape index (κ2) is 7.27. The maximum Gasteiger partial charge on any atom is 0.315 e. The van der Waals surface area contributed by atoms with Gasteiger partial charge in [0.1, 0.15) is 0 Å². The number of carbonyl (C=O) groups excluding carboxylic acids is 1. The third-order valence-corrected chi connectivity index (χ3v) is 3.26. The Hall–Kier alpha value is -1.10. The van der Waals surface area contributed by atoms with Gasteiger partial charge in [-0.25, -0.2) is 4.98 Å². The van der Waals surface area contributed by atoms with Crippen LogP contribution in [0, 0.1) is 0 Å². The lowest BCUT2D eigenvalue weighted by molar-refractivity contribution is -0.145. The summed E-state index contributed by atoms with van der Waals surface area (Å²) in [6.45, 7) is 4.36. The molecule has 1 atom stereocenters. The van der Waals surface area contributed by atoms with E-state index in [2.05, 4.69) is 11.9 Å². The van der Waals surface area contributed by atoms with Crippen LogP contribution in [-0.2, 0) is 9.53 Å². The maximum absolute atomic E-state index is 11.8. The third-order valence-electron chi connectivity index (χ3n) is 2.56. The molecule has 0 saturated carbocycles. The summed E-state index contributed by atoms with van der Waals surface area (Å²) in [6, 6.07) is 0. The number of nitrogens with two attached hydrogens (primary N) is 1. The fourth-order valence-electron chi connectivity index (χ4n) is 1.69. The highest BCUT2D eigenvalue weighted by Gasteiger charge is 2.23. The molecule has 0 spiro atoms. The minimum atomic E-state index is -0.255. The Bertz CT molecular complexity index is 352. The lowest BCUT2D eigenvalue weighted by Crippen LogP contribution is -2.16. The Labute approximate surface area is 106 Å². The zero-order valence-corrected chi connectivity index (χ0v) is 11.3. The first kappa shape index (κ1) is 14.0. The Morgan fingerprint density at radius 3 is 2.82 bits per heavy atom. The van der Waals surface area contributed by atoms with Crippen LogP contribution in [0.3, 0.4) is 0 Å². The summed E-state index contributed by atoms with van der Waals surface area (Å²) in [6.07, 6.45) is 4.05. The number of nitrogens with zero attached hydrogens (tertiary/aromatic N) is 1. The fraction of sp³-hybridized carbons (Fsp3) is 0.667. The number of hydrogen-bond donors (Lipinski definition) is 1. The minimum Gasteiger partial charge on any atom is -0.465 e. The van der Waals surface area contributed by atoms with Crippen LogP contribution in [0.5, 0.6) is 0 Å². The Morgan fingerprint density at radius 1 is 1.53 bits per heavy atom. The van der Waals surface area contributed by atoms with Crippen LogP contribution >= 0.6 is 11.3 Å². The number of carbonyl (C=O) groups is 1. The molecule has 0 fully saturated rings. The van der Waals surface area contributed by atoms with Gasteiger partial charge in [0.05, 0.1) is 18.2 Å². The zero-order valence-electron chi connectivity index (χ0n) is 10.4. The van der Waals surface area contributed by atoms with Gasteiger partial charge in [-0.1, -0.05) is 26.2 Å². The van der Waals surface area contributed by atoms with Crippen molar-refractivity contribution in [2.24, 2.45) is 0 Å². The lowest BCUT2D eigenvalue weighted by Gasteiger charge is -2.13. The van der Waals surface area contributed by atoms with E-state index in [0.717, 1.165) is 31.4 Å². The van der Waals surface area contributed by atoms with Gasteiger partial charge in [-0.15, -0.1) is 11.3 Å². The Kier molecular flexibility index (Phi) is 5.97. The molecule has 0 radical (unpaired) electrons. The predicted octanol–water partition coefficient (Wildman–Crippen LogP) is 2.95. The molecular weight excluding hydrogens is 236 g/mol. The molecule has 1 aromatic rings. The maximum atomic E-state index is 11.8. The van der Waals surface area contributed by atoms with E-state index in [1.54, 1.807) is 0 Å². The van der Waals surface area contributed by atoms with E-state index in [9.17, 15) is 4.79 Å². The van der Waals surface area contributed by atoms with Crippen LogP contribution in [0.1, 0.15) is 51.1 Å². The molecule has 17 heavy (non-hydrogen) atoms. The van der Waals surface area contributed by atoms with E-state index in [0.29, 0.717) is 11.7 Å². The van der Waals surface area contributed by atoms with Gasteiger partial charge in [0.2, 0.25) is 0 Å². The number of nitrogen functional groups attached to an aromatic ring is 1. The molecule has 0 amide bonds. The van der Waals surface area contributed by atoms with Crippen molar-refractivity contribution >= 4 is 22.4 Å². The van der Waals surface area contributed by atoms with Gasteiger partial charge in [0.15, 0.2) is 5.13 Å². The number of hydrogen-bond acceptors (Lipinski definition) is 5. The summed E-state index contributed by atoms with van der Waals surface area (Å²) < 4.78 is 5.08. The lowest BCUT2D eigenvalue weighted by atomic mass is 9.99. The highest BCUT2D eigenvalue weighted by Crippen LogP contribution is 2.26. The molecule has 4 nitrogen and oxygen atoms in total. The highest BCUT2D eigenvalue weighted by atomic mass is 32.1. The van der Waals surface area contributed by atoms with Crippen molar-refractivity contribution in [2.75, 3.05) is 12.3 Å². The average Bonchev–Trinajstić information content (AvgIpc) is 2.71. The normalized spacial score (nSPS) is 12.4. The van der Waals surface area contributed by atoms with E-state index < -0.39 is 0 Å². The van der Waals surface area contributed by atoms with Gasteiger partial charge in [-0.3, -0.25) is 4.79 Å². The number of thiazole rings is 1. The van der Waals surface area contributed by atoms with E-state index in [1.165, 1.54) is 11.3 Å². The summed E-state index contributed by atoms with van der Waals surface area (Å²) in [5.41, 5.74) is 6.35. The van der Waals surface area contributed by atoms with Crippen LogP contribution < -0.4 is 5.73 Å². The van der Waals surface area contributed by atoms with Crippen LogP contribution in [0.4, 0.5) is 5.13 Å². The summed E-state index contributed by atoms with van der Waals surface area (Å²) in [5.74, 6) is -0.441. The zero-order chi connectivity index (χ0) is 12.7. The van der Waals surface area contributed by atoms with E-state index in [1.807, 2.05) is 12.3 Å². The summed E-state index contributed by atoms with van der Waals surface area (Å²) in [4.78, 5) is 16.0. The number of esters is 1. The summed E-state index contributed by atoms with van der Waals surface area (Å²) in [7, 11) is 0. The van der Waals surface area contributed by atoms with Gasteiger partial charge in [0, 0.05) is 5.38 Å². The molecule has 0 aliphatic carbocycles. The smallest absolute Gasteiger partial charge is 0.315 e. The minimum absolute atomic E-state index is 0.186. The Morgan fingerprint density at radius 2 is 2.29 bits per heavy atom. The first-order chi connectivity index (χ1) is 8.19. The van der Waals surface area contributed by atoms with Crippen molar-refractivity contribution in [3.05, 3.63) is 11.1 Å². The molecular formula is C12H20N2O2S. The SMILES string of the molecule is CCCCCC(C(=O)OCC)c1csc(N)n1. The van der Waals surface area contributed by atoms with Gasteiger partial charge in [-0.2, -0.15) is 0 Å². The number of unbranched alkanes of at least 4 members (excludes halogenated alkanes) is 2. The number of anilines is 1. The second-order valence-electron chi connectivity index (χ2n) is 3.91. The number of ether oxygens (including phenoxy) is 1. The largest absolute Gasteiger partial charge is 0.465 e. The summed E-state index contributed by atoms with van der Waals surface area (Å²) in [5, 5.41) is 2.35. The van der Waals surface area contributed by atoms with Gasteiger partial charge < -0.3 is 10.5 Å². The predicted molar refractivity (Wildman–Crippen MR) is 70.0 cm³/mol. The van der Waals surface area contributed by atoms with Crippen molar-refractivity contribution in [3.8, 4) is 0 Å². The molecule has 5 heteroatoms. The summed E-state index contributed by atoms with van der Waals surface area (Å²) >= 11 is 1.37. The molecule has 0 saturated heterocycles. The van der Waals surface area contributed by atoms with E-state index in [-0.39, 0.29) is 11.9 Å². The molecule has 1 unspecified atom stereocenters. The third kappa shape index (κ3) is 4.34. The molecule has 1 heterocycles. The second-order valence-corrected chi connectivity index (χ2v) is 4.80. The molecule has 0 aromatic carbocycles. The van der Waals surface area contributed by atoms with Crippen LogP contribution in [0.25, 0.3) is 0 Å². The Balaban J connectivity index is 2.68. The fourth-order valence-corrected chi connectivity index (χ4v) is 2.31. The standard InChI is InChI=1S/C12H20N2O2S/c1-3-5-6-7-9(11(15)16-4-2)10-8-17-12(13)14-10/h8-9H,3-7H2,1-2H3,(H2,13,14). The van der Waals surface area contributed by atoms with Crippen molar-refractivity contribution in [3.63, 3.8) is 0 Å². The van der Waals surface area contributed by atoms with E-state index >= 15 is 0 Å². The molecule has 2 N–H and O–H groups in total. The van der Waals surface area contributed by atoms with Crippen LogP contribution in [0.15, 0.2) is 5.38 Å². The van der Waals surface area contributed by atoms with Crippen LogP contribution in [0.2, 0.25) is 0 Å². The van der Waals surface area contributed by atoms with Crippen LogP contribution in [-0.4, -0.2) is 17.6 Å². The first-order valence-electron chi connectivity index (χ1n) is 6.06. The number of rotatable bonds is 7. The average molecular weight is 256 g/mol. The van der Waals surface area contributed by atoms with Gasteiger partial charge >= 0.3 is 5.97 Å². The topological polar surface area (TPSA) is 65.2 Å². The molecule has 0 bridgehead atoms. The quantitative estimate of drug-likeness (QED) is 0.601. The van der Waals surface area contributed by atoms with Gasteiger partial charge in [0.25, 0.3) is 0 Å². The van der Waals surface area contributed by atoms with Crippen molar-refractivity contribution in [1.82, 2.24) is 4.98 Å². The van der Waals surface area contributed by atoms with Crippen molar-refractivity contribution in [2.45, 2.75) is 45.4 Å². The van der Waals surface area contributed by atoms with Crippen molar-refractivity contribution in [1.29, 1.82) is 0 Å². The number of aromatic nitrogens is 1. The van der Waals surface area contributed by atoms with Gasteiger partial charge in [-0.05, 0) is 13.3 Å². The first-order valence-corrected chi connectivity index (χ1v) is 6.94. The molecule has 0 aliphatic heterocycles. The monoisotopic (exact) mass is 256 g/mol. The van der Waals surface area contributed by atoms with Crippen molar-refractivity contribution < 1.29 is 9.53 Å². The molecule has 1 aromatic heterocycles. The molecule has 96 valence electrons. The van der Waals surface area contributed by atoms with E-state index in [4.69, 9.17) is 10.5 Å². The molecule has 0 aliphatic rings. The molecule has 1 rings (SSSR count).